The lowest BCUT2D eigenvalue weighted by atomic mass is 9.78. The molecule has 0 bridgehead atoms. The van der Waals surface area contributed by atoms with Gasteiger partial charge in [0.15, 0.2) is 0 Å². The quantitative estimate of drug-likeness (QED) is 0.0520. The molecule has 4 aromatic heterocycles. The van der Waals surface area contributed by atoms with Crippen molar-refractivity contribution < 1.29 is 29.1 Å². The first kappa shape index (κ1) is 55.4. The van der Waals surface area contributed by atoms with Crippen molar-refractivity contribution in [3.8, 4) is 10.4 Å². The average Bonchev–Trinajstić information content (AvgIpc) is 3.93. The second kappa shape index (κ2) is 25.5. The molecule has 0 radical (unpaired) electrons. The van der Waals surface area contributed by atoms with Crippen molar-refractivity contribution in [2.24, 2.45) is 9.98 Å². The fourth-order valence-corrected chi connectivity index (χ4v) is 9.18. The number of halogens is 1. The first-order valence-corrected chi connectivity index (χ1v) is 24.7. The molecule has 0 saturated carbocycles. The number of aromatic nitrogens is 4. The molecule has 0 aliphatic heterocycles. The van der Waals surface area contributed by atoms with Gasteiger partial charge in [0, 0.05) is 34.6 Å². The van der Waals surface area contributed by atoms with Crippen LogP contribution in [0.2, 0.25) is 0 Å². The highest BCUT2D eigenvalue weighted by atomic mass is 127. The highest BCUT2D eigenvalue weighted by molar-refractivity contribution is 14.1. The standard InChI is InChI=1S/C27H25N3O2S.C17H13IN2S.C10H14BNO4.CH4/c1-18-24(21-15-16-28-22(17-21)27(2,3)25(31)32-4)33-26(29-18)30-23(19-11-7-5-8-12-19)20-13-9-6-10-14-20;1-12-16(18)21-17(19-12)20-15(13-8-4-2-5-9-13)14-10-6-3-7-11-14;1-10(2,9(13)16-3)8-6-7(11(14)15)4-5-12-8;/h5-17H,1-4H3;2-11H,1H3;4-6,14-15H,1-3H3;1H4. The number of carbonyl (C=O) groups excluding carboxylic acids is 2. The van der Waals surface area contributed by atoms with Crippen molar-refractivity contribution in [1.82, 2.24) is 19.9 Å². The Morgan fingerprint density at radius 2 is 0.958 bits per heavy atom. The van der Waals surface area contributed by atoms with Crippen molar-refractivity contribution in [1.29, 1.82) is 0 Å². The third-order valence-corrected chi connectivity index (χ3v) is 14.3. The van der Waals surface area contributed by atoms with E-state index >= 15 is 0 Å². The molecule has 8 aromatic rings. The third kappa shape index (κ3) is 14.3. The van der Waals surface area contributed by atoms with E-state index in [-0.39, 0.29) is 13.4 Å². The molecule has 0 spiro atoms. The Hall–Kier alpha value is -6.57. The van der Waals surface area contributed by atoms with E-state index in [1.807, 2.05) is 113 Å². The zero-order chi connectivity index (χ0) is 50.4. The molecule has 71 heavy (non-hydrogen) atoms. The highest BCUT2D eigenvalue weighted by Crippen LogP contribution is 2.37. The molecule has 8 rings (SSSR count). The summed E-state index contributed by atoms with van der Waals surface area (Å²) in [4.78, 5) is 52.3. The van der Waals surface area contributed by atoms with Crippen molar-refractivity contribution in [3.05, 3.63) is 206 Å². The van der Waals surface area contributed by atoms with Gasteiger partial charge in [0.25, 0.3) is 0 Å². The van der Waals surface area contributed by atoms with E-state index in [2.05, 4.69) is 90.8 Å². The van der Waals surface area contributed by atoms with Crippen LogP contribution in [0.3, 0.4) is 0 Å². The average molecular weight is 1100 g/mol. The first-order valence-electron chi connectivity index (χ1n) is 22.0. The van der Waals surface area contributed by atoms with Crippen molar-refractivity contribution >= 4 is 91.5 Å². The molecule has 4 heterocycles. The number of thiazole rings is 2. The van der Waals surface area contributed by atoms with E-state index in [1.54, 1.807) is 31.4 Å². The van der Waals surface area contributed by atoms with Gasteiger partial charge in [0.05, 0.1) is 56.2 Å². The summed E-state index contributed by atoms with van der Waals surface area (Å²) < 4.78 is 10.8. The monoisotopic (exact) mass is 1100 g/mol. The van der Waals surface area contributed by atoms with Crippen LogP contribution in [0.5, 0.6) is 0 Å². The normalized spacial score (nSPS) is 10.7. The Kier molecular flexibility index (Phi) is 19.9. The number of aryl methyl sites for hydroxylation is 2. The van der Waals surface area contributed by atoms with Gasteiger partial charge in [0.1, 0.15) is 10.8 Å². The minimum Gasteiger partial charge on any atom is -0.468 e. The molecule has 12 nitrogen and oxygen atoms in total. The smallest absolute Gasteiger partial charge is 0.468 e. The van der Waals surface area contributed by atoms with Gasteiger partial charge in [-0.1, -0.05) is 151 Å². The summed E-state index contributed by atoms with van der Waals surface area (Å²) in [5.74, 6) is -0.751. The van der Waals surface area contributed by atoms with E-state index in [0.29, 0.717) is 22.0 Å². The molecule has 0 unspecified atom stereocenters. The second-order valence-corrected chi connectivity index (χ2v) is 20.4. The van der Waals surface area contributed by atoms with Gasteiger partial charge in [-0.05, 0) is 99.4 Å². The van der Waals surface area contributed by atoms with Crippen LogP contribution in [0.15, 0.2) is 168 Å². The Balaban J connectivity index is 0.000000212. The van der Waals surface area contributed by atoms with Crippen LogP contribution in [-0.2, 0) is 29.9 Å². The van der Waals surface area contributed by atoms with Crippen molar-refractivity contribution in [2.75, 3.05) is 14.2 Å². The minimum absolute atomic E-state index is 0. The Bertz CT molecular complexity index is 2970. The number of ether oxygens (including phenoxy) is 2. The lowest BCUT2D eigenvalue weighted by molar-refractivity contribution is -0.147. The predicted molar refractivity (Wildman–Crippen MR) is 297 cm³/mol. The van der Waals surface area contributed by atoms with Gasteiger partial charge >= 0.3 is 19.1 Å². The molecule has 0 saturated heterocycles. The Labute approximate surface area is 438 Å². The number of methoxy groups -OCH3 is 2. The summed E-state index contributed by atoms with van der Waals surface area (Å²) in [5.41, 5.74) is 8.59. The number of aliphatic imine (C=N–C) groups is 2. The van der Waals surface area contributed by atoms with Gasteiger partial charge < -0.3 is 19.5 Å². The summed E-state index contributed by atoms with van der Waals surface area (Å²) >= 11 is 5.45. The molecule has 0 aliphatic carbocycles. The van der Waals surface area contributed by atoms with E-state index in [4.69, 9.17) is 29.8 Å². The largest absolute Gasteiger partial charge is 0.488 e. The number of esters is 2. The number of rotatable bonds is 12. The minimum atomic E-state index is -1.57. The zero-order valence-corrected chi connectivity index (χ0v) is 43.8. The number of benzene rings is 4. The Morgan fingerprint density at radius 3 is 1.34 bits per heavy atom. The summed E-state index contributed by atoms with van der Waals surface area (Å²) in [7, 11) is 1.12. The maximum Gasteiger partial charge on any atom is 0.488 e. The van der Waals surface area contributed by atoms with E-state index in [9.17, 15) is 9.59 Å². The van der Waals surface area contributed by atoms with Crippen LogP contribution in [-0.4, -0.2) is 74.7 Å². The zero-order valence-electron chi connectivity index (χ0n) is 40.0. The van der Waals surface area contributed by atoms with Gasteiger partial charge in [0.2, 0.25) is 10.3 Å². The molecule has 0 amide bonds. The van der Waals surface area contributed by atoms with Gasteiger partial charge in [-0.3, -0.25) is 19.6 Å². The molecular formula is C55H56BIN6O6S2. The molecule has 0 aliphatic rings. The summed E-state index contributed by atoms with van der Waals surface area (Å²) in [6.45, 7) is 10.9. The summed E-state index contributed by atoms with van der Waals surface area (Å²) in [5, 5.41) is 19.5. The van der Waals surface area contributed by atoms with E-state index in [1.165, 1.54) is 46.8 Å². The van der Waals surface area contributed by atoms with Crippen LogP contribution in [0.1, 0.15) is 80.2 Å². The molecule has 0 atom stereocenters. The molecule has 4 aromatic carbocycles. The van der Waals surface area contributed by atoms with Crippen LogP contribution in [0.25, 0.3) is 10.4 Å². The number of hydrogen-bond donors (Lipinski definition) is 2. The molecule has 364 valence electrons. The molecule has 16 heteroatoms. The van der Waals surface area contributed by atoms with Gasteiger partial charge in [-0.15, -0.1) is 0 Å². The first-order chi connectivity index (χ1) is 33.5. The van der Waals surface area contributed by atoms with Gasteiger partial charge in [-0.2, -0.15) is 0 Å². The fourth-order valence-electron chi connectivity index (χ4n) is 6.86. The Morgan fingerprint density at radius 1 is 0.577 bits per heavy atom. The van der Waals surface area contributed by atoms with Crippen molar-refractivity contribution in [2.45, 2.75) is 59.8 Å². The molecule has 2 N–H and O–H groups in total. The number of hydrogen-bond acceptors (Lipinski definition) is 14. The second-order valence-electron chi connectivity index (χ2n) is 16.7. The number of nitrogens with zero attached hydrogens (tertiary/aromatic N) is 6. The van der Waals surface area contributed by atoms with E-state index < -0.39 is 23.9 Å². The number of pyridine rings is 2. The van der Waals surface area contributed by atoms with E-state index in [0.717, 1.165) is 60.6 Å². The highest BCUT2D eigenvalue weighted by Gasteiger charge is 2.34. The van der Waals surface area contributed by atoms with Crippen LogP contribution < -0.4 is 5.46 Å². The SMILES string of the molecule is C.COC(=O)C(C)(C)c1cc(-c2sc(N=C(c3ccccc3)c3ccccc3)nc2C)ccn1.COC(=O)C(C)(C)c1cc(B(O)O)ccn1.Cc1nc(N=C(c2ccccc2)c2ccccc2)sc1I. The number of carbonyl (C=O) groups is 2. The lowest BCUT2D eigenvalue weighted by Gasteiger charge is -2.21. The summed E-state index contributed by atoms with van der Waals surface area (Å²) in [6.07, 6.45) is 3.14. The summed E-state index contributed by atoms with van der Waals surface area (Å²) in [6, 6.07) is 47.5. The maximum absolute atomic E-state index is 12.3. The fraction of sp³-hybridized carbons (Fsp3) is 0.200. The molecular weight excluding hydrogens is 1040 g/mol. The van der Waals surface area contributed by atoms with Crippen LogP contribution >= 0.6 is 45.3 Å². The topological polar surface area (TPSA) is 169 Å². The lowest BCUT2D eigenvalue weighted by Crippen LogP contribution is -2.35. The third-order valence-electron chi connectivity index (χ3n) is 10.9. The molecule has 0 fully saturated rings. The van der Waals surface area contributed by atoms with Crippen LogP contribution in [0, 0.1) is 16.7 Å². The predicted octanol–water partition coefficient (Wildman–Crippen LogP) is 11.2. The van der Waals surface area contributed by atoms with Crippen molar-refractivity contribution in [3.63, 3.8) is 0 Å². The van der Waals surface area contributed by atoms with Gasteiger partial charge in [-0.25, -0.2) is 20.0 Å². The maximum atomic E-state index is 12.3. The van der Waals surface area contributed by atoms with Crippen LogP contribution in [0.4, 0.5) is 10.3 Å².